The zero-order chi connectivity index (χ0) is 33.5. The molecule has 48 heavy (non-hydrogen) atoms. The van der Waals surface area contributed by atoms with Crippen LogP contribution in [0.25, 0.3) is 32.9 Å². The number of halogens is 3. The molecule has 254 valence electrons. The molecule has 2 aromatic carbocycles. The van der Waals surface area contributed by atoms with E-state index in [0.29, 0.717) is 36.0 Å². The quantitative estimate of drug-likeness (QED) is 0.229. The van der Waals surface area contributed by atoms with Gasteiger partial charge < -0.3 is 20.1 Å². The van der Waals surface area contributed by atoms with E-state index in [1.807, 2.05) is 19.1 Å². The zero-order valence-corrected chi connectivity index (χ0v) is 26.8. The summed E-state index contributed by atoms with van der Waals surface area (Å²) in [5.74, 6) is -0.821. The third-order valence-electron chi connectivity index (χ3n) is 9.99. The van der Waals surface area contributed by atoms with Gasteiger partial charge in [0.2, 0.25) is 0 Å². The number of piperidine rings is 1. The molecule has 0 aliphatic carbocycles. The van der Waals surface area contributed by atoms with Crippen LogP contribution in [0, 0.1) is 5.82 Å². The van der Waals surface area contributed by atoms with E-state index < -0.39 is 47.5 Å². The number of aromatic amines is 1. The van der Waals surface area contributed by atoms with Crippen molar-refractivity contribution in [3.63, 3.8) is 0 Å². The number of nitrogens with one attached hydrogen (secondary N) is 3. The number of aromatic nitrogens is 3. The molecular formula is C35H39F3N6O4. The summed E-state index contributed by atoms with van der Waals surface area (Å²) < 4.78 is 57.1. The molecular weight excluding hydrogens is 625 g/mol. The number of hydrogen-bond donors (Lipinski definition) is 3. The molecule has 1 amide bonds. The first kappa shape index (κ1) is 32.3. The Labute approximate surface area is 275 Å². The average Bonchev–Trinajstić information content (AvgIpc) is 3.59. The number of alkyl halides is 2. The Hall–Kier alpha value is -4.23. The Morgan fingerprint density at radius 1 is 1.21 bits per heavy atom. The highest BCUT2D eigenvalue weighted by molar-refractivity contribution is 5.99. The highest BCUT2D eigenvalue weighted by Gasteiger charge is 2.49. The van der Waals surface area contributed by atoms with Crippen LogP contribution in [0.1, 0.15) is 44.6 Å². The molecule has 2 aromatic heterocycles. The summed E-state index contributed by atoms with van der Waals surface area (Å²) in [6.07, 6.45) is 1.78. The second-order valence-electron chi connectivity index (χ2n) is 13.6. The second kappa shape index (κ2) is 13.0. The number of benzene rings is 2. The first-order valence-electron chi connectivity index (χ1n) is 16.5. The Bertz CT molecular complexity index is 1890. The third kappa shape index (κ3) is 6.33. The first-order valence-corrected chi connectivity index (χ1v) is 16.5. The number of pyridine rings is 1. The number of amides is 1. The van der Waals surface area contributed by atoms with E-state index in [0.717, 1.165) is 44.2 Å². The van der Waals surface area contributed by atoms with Gasteiger partial charge in [-0.15, -0.1) is 0 Å². The zero-order valence-electron chi connectivity index (χ0n) is 26.8. The van der Waals surface area contributed by atoms with Gasteiger partial charge in [0.1, 0.15) is 36.8 Å². The number of H-pyrrole nitrogens is 1. The van der Waals surface area contributed by atoms with Crippen molar-refractivity contribution in [2.24, 2.45) is 0 Å². The minimum Gasteiger partial charge on any atom is -0.463 e. The molecule has 0 saturated carbocycles. The summed E-state index contributed by atoms with van der Waals surface area (Å²) >= 11 is 0. The van der Waals surface area contributed by atoms with Crippen molar-refractivity contribution in [1.29, 1.82) is 0 Å². The molecule has 10 nitrogen and oxygen atoms in total. The van der Waals surface area contributed by atoms with Crippen molar-refractivity contribution in [3.05, 3.63) is 64.3 Å². The molecule has 0 spiro atoms. The molecule has 3 aliphatic rings. The molecule has 4 aromatic rings. The van der Waals surface area contributed by atoms with Crippen LogP contribution < -0.4 is 20.9 Å². The maximum Gasteiger partial charge on any atom is 0.407 e. The number of fused-ring (bicyclic) bond motifs is 3. The maximum atomic E-state index is 16.3. The minimum atomic E-state index is -1.52. The van der Waals surface area contributed by atoms with E-state index in [1.165, 1.54) is 6.20 Å². The molecule has 3 fully saturated rings. The predicted octanol–water partition coefficient (Wildman–Crippen LogP) is 4.98. The van der Waals surface area contributed by atoms with Crippen molar-refractivity contribution in [1.82, 2.24) is 30.5 Å². The number of carbonyl (C=O) groups is 1. The van der Waals surface area contributed by atoms with Gasteiger partial charge in [0.25, 0.3) is 11.6 Å². The van der Waals surface area contributed by atoms with Crippen LogP contribution in [-0.2, 0) is 11.2 Å². The Morgan fingerprint density at radius 3 is 2.85 bits per heavy atom. The molecule has 3 aliphatic heterocycles. The van der Waals surface area contributed by atoms with Gasteiger partial charge in [0, 0.05) is 37.7 Å². The lowest BCUT2D eigenvalue weighted by molar-refractivity contribution is 0.1000. The van der Waals surface area contributed by atoms with Gasteiger partial charge in [-0.3, -0.25) is 19.7 Å². The van der Waals surface area contributed by atoms with Gasteiger partial charge >= 0.3 is 6.09 Å². The summed E-state index contributed by atoms with van der Waals surface area (Å²) in [7, 11) is 0. The van der Waals surface area contributed by atoms with Crippen molar-refractivity contribution in [2.45, 2.75) is 68.9 Å². The minimum absolute atomic E-state index is 0.0495. The van der Waals surface area contributed by atoms with Gasteiger partial charge in [0.15, 0.2) is 5.82 Å². The van der Waals surface area contributed by atoms with Gasteiger partial charge in [-0.1, -0.05) is 36.4 Å². The normalized spacial score (nSPS) is 24.9. The number of alkyl carbamates (subject to hydrolysis) is 1. The predicted molar refractivity (Wildman–Crippen MR) is 175 cm³/mol. The van der Waals surface area contributed by atoms with Crippen LogP contribution in [0.4, 0.5) is 18.0 Å². The number of carbonyl (C=O) groups excluding carboxylic acids is 1. The van der Waals surface area contributed by atoms with Crippen LogP contribution >= 0.6 is 0 Å². The fourth-order valence-electron chi connectivity index (χ4n) is 7.65. The lowest BCUT2D eigenvalue weighted by atomic mass is 9.93. The largest absolute Gasteiger partial charge is 0.463 e. The molecule has 0 radical (unpaired) electrons. The van der Waals surface area contributed by atoms with Gasteiger partial charge in [-0.2, -0.15) is 4.98 Å². The molecule has 1 unspecified atom stereocenters. The van der Waals surface area contributed by atoms with E-state index in [1.54, 1.807) is 24.3 Å². The highest BCUT2D eigenvalue weighted by Crippen LogP contribution is 2.40. The van der Waals surface area contributed by atoms with E-state index in [4.69, 9.17) is 9.47 Å². The Balaban J connectivity index is 1.13. The van der Waals surface area contributed by atoms with Crippen molar-refractivity contribution >= 4 is 27.8 Å². The molecule has 3 N–H and O–H groups in total. The van der Waals surface area contributed by atoms with Crippen LogP contribution in [0.2, 0.25) is 0 Å². The number of ether oxygens (including phenoxy) is 2. The van der Waals surface area contributed by atoms with Crippen LogP contribution in [0.5, 0.6) is 6.01 Å². The SMILES string of the molecule is C[C@@]1(NC(=O)OCC(F)Cc2cccc3cccc(-c4ncc5c(=O)[nH]c(OC[C@@]67CCCN6C[C@H](F)C7)nc5c4F)c23)CCCNC1. The number of hydrogen-bond acceptors (Lipinski definition) is 8. The van der Waals surface area contributed by atoms with E-state index in [-0.39, 0.29) is 35.6 Å². The molecule has 3 saturated heterocycles. The van der Waals surface area contributed by atoms with E-state index in [2.05, 4.69) is 30.5 Å². The molecule has 5 heterocycles. The average molecular weight is 665 g/mol. The molecule has 7 rings (SSSR count). The summed E-state index contributed by atoms with van der Waals surface area (Å²) in [5.41, 5.74) is -0.828. The first-order chi connectivity index (χ1) is 23.1. The van der Waals surface area contributed by atoms with Gasteiger partial charge in [0.05, 0.1) is 16.5 Å². The highest BCUT2D eigenvalue weighted by atomic mass is 19.1. The van der Waals surface area contributed by atoms with E-state index in [9.17, 15) is 14.0 Å². The Kier molecular flexibility index (Phi) is 8.75. The lowest BCUT2D eigenvalue weighted by Gasteiger charge is -2.34. The van der Waals surface area contributed by atoms with E-state index >= 15 is 8.78 Å². The monoisotopic (exact) mass is 664 g/mol. The van der Waals surface area contributed by atoms with Crippen LogP contribution in [-0.4, -0.2) is 88.8 Å². The van der Waals surface area contributed by atoms with Crippen molar-refractivity contribution in [2.75, 3.05) is 39.4 Å². The fraction of sp³-hybridized carbons (Fsp3) is 0.486. The standard InChI is InChI=1S/C35H39F3N6O4/c1-34(10-4-12-39-19-34)43-33(46)47-18-23(36)14-22-8-2-6-21-7-3-9-25(27(21)22)29-28(38)30-26(16-40-29)31(45)42-32(41-30)48-20-35-11-5-13-44(35)17-24(37)15-35/h2-3,6-9,16,23-24,39H,4-5,10-15,17-20H2,1H3,(H,43,46)(H,41,42,45)/t23?,24-,34-,35+/m1/s1. The molecule has 4 atom stereocenters. The summed E-state index contributed by atoms with van der Waals surface area (Å²) in [5, 5.41) is 7.35. The van der Waals surface area contributed by atoms with Gasteiger partial charge in [-0.05, 0) is 62.0 Å². The smallest absolute Gasteiger partial charge is 0.407 e. The fourth-order valence-corrected chi connectivity index (χ4v) is 7.65. The molecule has 0 bridgehead atoms. The third-order valence-corrected chi connectivity index (χ3v) is 9.99. The van der Waals surface area contributed by atoms with Crippen LogP contribution in [0.3, 0.4) is 0 Å². The number of rotatable bonds is 9. The van der Waals surface area contributed by atoms with Gasteiger partial charge in [-0.25, -0.2) is 18.0 Å². The summed E-state index contributed by atoms with van der Waals surface area (Å²) in [6, 6.07) is 10.5. The van der Waals surface area contributed by atoms with Crippen molar-refractivity contribution < 1.29 is 27.4 Å². The van der Waals surface area contributed by atoms with Crippen molar-refractivity contribution in [3.8, 4) is 17.3 Å². The summed E-state index contributed by atoms with van der Waals surface area (Å²) in [6.45, 7) is 4.23. The second-order valence-corrected chi connectivity index (χ2v) is 13.6. The van der Waals surface area contributed by atoms with Crippen LogP contribution in [0.15, 0.2) is 47.4 Å². The Morgan fingerprint density at radius 2 is 2.04 bits per heavy atom. The number of nitrogens with zero attached hydrogens (tertiary/aromatic N) is 3. The maximum absolute atomic E-state index is 16.3. The summed E-state index contributed by atoms with van der Waals surface area (Å²) in [4.78, 5) is 38.7. The lowest BCUT2D eigenvalue weighted by Crippen LogP contribution is -2.55. The molecule has 13 heteroatoms. The topological polar surface area (TPSA) is 121 Å².